The summed E-state index contributed by atoms with van der Waals surface area (Å²) in [6.07, 6.45) is -9.21. The summed E-state index contributed by atoms with van der Waals surface area (Å²) < 4.78 is 78.9. The molecule has 2 atom stereocenters. The van der Waals surface area contributed by atoms with Gasteiger partial charge in [-0.25, -0.2) is 4.79 Å². The second-order valence-corrected chi connectivity index (χ2v) is 6.29. The molecule has 0 spiro atoms. The van der Waals surface area contributed by atoms with Gasteiger partial charge in [0.2, 0.25) is 0 Å². The molecule has 0 aromatic heterocycles. The number of rotatable bonds is 4. The Labute approximate surface area is 162 Å². The van der Waals surface area contributed by atoms with Crippen molar-refractivity contribution in [1.29, 1.82) is 0 Å². The van der Waals surface area contributed by atoms with E-state index in [-0.39, 0.29) is 24.2 Å². The van der Waals surface area contributed by atoms with E-state index in [4.69, 9.17) is 6.85 Å². The number of halogens is 3. The molecule has 7 heteroatoms. The molecule has 0 saturated carbocycles. The highest BCUT2D eigenvalue weighted by Gasteiger charge is 2.36. The Balaban J connectivity index is 2.11. The Morgan fingerprint density at radius 2 is 2.07 bits per heavy atom. The van der Waals surface area contributed by atoms with Gasteiger partial charge in [-0.2, -0.15) is 13.2 Å². The van der Waals surface area contributed by atoms with Crippen LogP contribution in [-0.4, -0.2) is 22.1 Å². The first-order valence-electron chi connectivity index (χ1n) is 10.7. The summed E-state index contributed by atoms with van der Waals surface area (Å²) in [5.41, 5.74) is -0.329. The first-order chi connectivity index (χ1) is 14.7. The lowest BCUT2D eigenvalue weighted by atomic mass is 9.89. The molecule has 1 amide bonds. The van der Waals surface area contributed by atoms with Crippen LogP contribution in [0.25, 0.3) is 0 Å². The van der Waals surface area contributed by atoms with Gasteiger partial charge in [0.05, 0.1) is 11.6 Å². The maximum absolute atomic E-state index is 13.3. The average molecular weight is 383 g/mol. The van der Waals surface area contributed by atoms with Crippen molar-refractivity contribution in [2.75, 3.05) is 5.32 Å². The first-order valence-corrected chi connectivity index (χ1v) is 8.23. The van der Waals surface area contributed by atoms with Crippen LogP contribution in [0.1, 0.15) is 49.2 Å². The number of benzene rings is 2. The summed E-state index contributed by atoms with van der Waals surface area (Å²) in [5.74, 6) is 0. The summed E-state index contributed by atoms with van der Waals surface area (Å²) in [4.78, 5) is 13.0. The van der Waals surface area contributed by atoms with Crippen LogP contribution >= 0.6 is 0 Å². The molecule has 4 nitrogen and oxygen atoms in total. The zero-order chi connectivity index (χ0) is 23.9. The van der Waals surface area contributed by atoms with Crippen molar-refractivity contribution in [3.05, 3.63) is 65.2 Å². The SMILES string of the molecule is [2H]C([2H])([2H])C([2H])([2H])[C@@H]1C[C@H](N(Cc2ccccc2)C(=O)O)c2cc(C(F)(F)F)ccc2N1. The molecule has 0 saturated heterocycles. The molecule has 2 aromatic rings. The fraction of sp³-hybridized carbons (Fsp3) is 0.350. The number of nitrogens with zero attached hydrogens (tertiary/aromatic N) is 1. The van der Waals surface area contributed by atoms with Crippen LogP contribution in [0.2, 0.25) is 0 Å². The molecular formula is C20H21F3N2O2. The monoisotopic (exact) mass is 383 g/mol. The van der Waals surface area contributed by atoms with Gasteiger partial charge in [0.15, 0.2) is 0 Å². The fourth-order valence-electron chi connectivity index (χ4n) is 3.22. The summed E-state index contributed by atoms with van der Waals surface area (Å²) in [5, 5.41) is 12.6. The van der Waals surface area contributed by atoms with Crippen molar-refractivity contribution in [3.8, 4) is 0 Å². The molecule has 1 aliphatic heterocycles. The molecule has 3 rings (SSSR count). The smallest absolute Gasteiger partial charge is 0.416 e. The molecule has 1 heterocycles. The number of amides is 1. The van der Waals surface area contributed by atoms with Gasteiger partial charge >= 0.3 is 12.3 Å². The number of fused-ring (bicyclic) bond motifs is 1. The standard InChI is InChI=1S/C20H21F3N2O2/c1-2-15-11-18(25(19(26)27)12-13-6-4-3-5-7-13)16-10-14(20(21,22)23)8-9-17(16)24-15/h3-10,15,18,24H,2,11-12H2,1H3,(H,26,27)/t15-,18+/m1/s1/i1D3,2D2. The summed E-state index contributed by atoms with van der Waals surface area (Å²) >= 11 is 0. The molecule has 0 bridgehead atoms. The van der Waals surface area contributed by atoms with Crippen LogP contribution in [0, 0.1) is 0 Å². The van der Waals surface area contributed by atoms with Gasteiger partial charge in [-0.3, -0.25) is 4.90 Å². The van der Waals surface area contributed by atoms with Crippen LogP contribution < -0.4 is 5.32 Å². The van der Waals surface area contributed by atoms with E-state index in [2.05, 4.69) is 5.32 Å². The molecule has 27 heavy (non-hydrogen) atoms. The number of carbonyl (C=O) groups is 1. The van der Waals surface area contributed by atoms with Gasteiger partial charge in [0.25, 0.3) is 0 Å². The molecular weight excluding hydrogens is 357 g/mol. The lowest BCUT2D eigenvalue weighted by molar-refractivity contribution is -0.137. The average Bonchev–Trinajstić information content (AvgIpc) is 2.70. The van der Waals surface area contributed by atoms with Crippen LogP contribution in [0.4, 0.5) is 23.7 Å². The van der Waals surface area contributed by atoms with E-state index in [9.17, 15) is 23.1 Å². The predicted octanol–water partition coefficient (Wildman–Crippen LogP) is 5.52. The van der Waals surface area contributed by atoms with E-state index in [0.29, 0.717) is 5.56 Å². The van der Waals surface area contributed by atoms with Crippen molar-refractivity contribution >= 4 is 11.8 Å². The van der Waals surface area contributed by atoms with Crippen LogP contribution in [-0.2, 0) is 12.7 Å². The Kier molecular flexibility index (Phi) is 3.74. The van der Waals surface area contributed by atoms with Crippen molar-refractivity contribution in [2.45, 2.75) is 44.5 Å². The quantitative estimate of drug-likeness (QED) is 0.731. The zero-order valence-corrected chi connectivity index (χ0v) is 14.1. The van der Waals surface area contributed by atoms with Crippen molar-refractivity contribution < 1.29 is 29.9 Å². The largest absolute Gasteiger partial charge is 0.465 e. The molecule has 0 radical (unpaired) electrons. The molecule has 144 valence electrons. The topological polar surface area (TPSA) is 52.6 Å². The second kappa shape index (κ2) is 7.50. The lowest BCUT2D eigenvalue weighted by Crippen LogP contribution is -2.40. The minimum atomic E-state index is -4.67. The van der Waals surface area contributed by atoms with E-state index in [0.717, 1.165) is 23.1 Å². The van der Waals surface area contributed by atoms with Crippen molar-refractivity contribution in [1.82, 2.24) is 4.90 Å². The molecule has 0 unspecified atom stereocenters. The fourth-order valence-corrected chi connectivity index (χ4v) is 3.22. The third kappa shape index (κ3) is 4.18. The van der Waals surface area contributed by atoms with Crippen LogP contribution in [0.3, 0.4) is 0 Å². The number of anilines is 1. The predicted molar refractivity (Wildman–Crippen MR) is 96.5 cm³/mol. The minimum absolute atomic E-state index is 0.00995. The van der Waals surface area contributed by atoms with E-state index < -0.39 is 43.1 Å². The summed E-state index contributed by atoms with van der Waals surface area (Å²) in [6.45, 7) is -3.20. The van der Waals surface area contributed by atoms with Gasteiger partial charge in [0.1, 0.15) is 0 Å². The summed E-state index contributed by atoms with van der Waals surface area (Å²) in [7, 11) is 0. The maximum Gasteiger partial charge on any atom is 0.416 e. The van der Waals surface area contributed by atoms with Crippen molar-refractivity contribution in [2.24, 2.45) is 0 Å². The third-order valence-corrected chi connectivity index (χ3v) is 4.52. The minimum Gasteiger partial charge on any atom is -0.465 e. The third-order valence-electron chi connectivity index (χ3n) is 4.52. The van der Waals surface area contributed by atoms with Crippen LogP contribution in [0.5, 0.6) is 0 Å². The lowest BCUT2D eigenvalue weighted by Gasteiger charge is -2.38. The number of nitrogens with one attached hydrogen (secondary N) is 1. The maximum atomic E-state index is 13.3. The highest BCUT2D eigenvalue weighted by atomic mass is 19.4. The Morgan fingerprint density at radius 1 is 1.33 bits per heavy atom. The van der Waals surface area contributed by atoms with Crippen molar-refractivity contribution in [3.63, 3.8) is 0 Å². The van der Waals surface area contributed by atoms with Crippen LogP contribution in [0.15, 0.2) is 48.5 Å². The molecule has 0 fully saturated rings. The van der Waals surface area contributed by atoms with E-state index >= 15 is 0 Å². The highest BCUT2D eigenvalue weighted by Crippen LogP contribution is 2.41. The molecule has 2 aromatic carbocycles. The van der Waals surface area contributed by atoms with E-state index in [1.165, 1.54) is 0 Å². The Morgan fingerprint density at radius 3 is 2.70 bits per heavy atom. The zero-order valence-electron chi connectivity index (χ0n) is 19.1. The molecule has 0 aliphatic carbocycles. The van der Waals surface area contributed by atoms with E-state index in [1.54, 1.807) is 30.3 Å². The van der Waals surface area contributed by atoms with Gasteiger partial charge < -0.3 is 10.4 Å². The highest BCUT2D eigenvalue weighted by molar-refractivity contribution is 5.68. The van der Waals surface area contributed by atoms with Gasteiger partial charge in [-0.1, -0.05) is 37.2 Å². The Hall–Kier alpha value is -2.70. The number of hydrogen-bond donors (Lipinski definition) is 2. The summed E-state index contributed by atoms with van der Waals surface area (Å²) in [6, 6.07) is 8.55. The van der Waals surface area contributed by atoms with Gasteiger partial charge in [-0.05, 0) is 42.1 Å². The normalized spacial score (nSPS) is 22.9. The first kappa shape index (κ1) is 13.5. The van der Waals surface area contributed by atoms with Gasteiger partial charge in [0, 0.05) is 25.1 Å². The number of carboxylic acid groups (broad SMARTS) is 1. The molecule has 2 N–H and O–H groups in total. The number of alkyl halides is 3. The van der Waals surface area contributed by atoms with E-state index in [1.807, 2.05) is 0 Å². The second-order valence-electron chi connectivity index (χ2n) is 6.29. The molecule has 1 aliphatic rings. The Bertz CT molecular complexity index is 983. The number of hydrogen-bond acceptors (Lipinski definition) is 2. The van der Waals surface area contributed by atoms with Gasteiger partial charge in [-0.15, -0.1) is 0 Å².